The first-order valence-electron chi connectivity index (χ1n) is 9.92. The molecule has 140 valence electrons. The minimum atomic E-state index is 0.335. The number of amides is 1. The third kappa shape index (κ3) is 3.26. The lowest BCUT2D eigenvalue weighted by Gasteiger charge is -2.47. The summed E-state index contributed by atoms with van der Waals surface area (Å²) < 4.78 is 2.32. The average Bonchev–Trinajstić information content (AvgIpc) is 2.97. The molecule has 1 aromatic heterocycles. The molecule has 5 heteroatoms. The Morgan fingerprint density at radius 3 is 2.88 bits per heavy atom. The first-order valence-corrected chi connectivity index (χ1v) is 9.92. The molecule has 2 aromatic rings. The Morgan fingerprint density at radius 2 is 2.08 bits per heavy atom. The molecule has 0 saturated carbocycles. The lowest BCUT2D eigenvalue weighted by atomic mass is 9.83. The average molecular weight is 354 g/mol. The van der Waals surface area contributed by atoms with Gasteiger partial charge in [-0.2, -0.15) is 0 Å². The number of nitrogens with two attached hydrogens (primary N) is 1. The van der Waals surface area contributed by atoms with Crippen molar-refractivity contribution in [3.8, 4) is 0 Å². The van der Waals surface area contributed by atoms with Crippen molar-refractivity contribution in [3.05, 3.63) is 36.0 Å². The first-order chi connectivity index (χ1) is 12.7. The number of hydrogen-bond donors (Lipinski definition) is 1. The molecule has 0 bridgehead atoms. The van der Waals surface area contributed by atoms with Crippen LogP contribution in [-0.4, -0.2) is 52.5 Å². The summed E-state index contributed by atoms with van der Waals surface area (Å²) in [5.74, 6) is 0.941. The maximum absolute atomic E-state index is 12.3. The quantitative estimate of drug-likeness (QED) is 0.897. The van der Waals surface area contributed by atoms with Gasteiger partial charge in [-0.25, -0.2) is 0 Å². The molecule has 2 fully saturated rings. The zero-order valence-corrected chi connectivity index (χ0v) is 15.7. The summed E-state index contributed by atoms with van der Waals surface area (Å²) >= 11 is 0. The van der Waals surface area contributed by atoms with E-state index in [0.29, 0.717) is 30.8 Å². The molecule has 0 spiro atoms. The highest BCUT2D eigenvalue weighted by Crippen LogP contribution is 2.32. The highest BCUT2D eigenvalue weighted by molar-refractivity contribution is 5.81. The predicted molar refractivity (Wildman–Crippen MR) is 105 cm³/mol. The number of carbonyl (C=O) groups is 1. The number of likely N-dealkylation sites (tertiary alicyclic amines) is 2. The van der Waals surface area contributed by atoms with Crippen LogP contribution in [0.25, 0.3) is 10.9 Å². The molecule has 4 rings (SSSR count). The first kappa shape index (κ1) is 17.6. The Morgan fingerprint density at radius 1 is 1.23 bits per heavy atom. The van der Waals surface area contributed by atoms with E-state index in [1.54, 1.807) is 0 Å². The number of fused-ring (bicyclic) bond motifs is 2. The van der Waals surface area contributed by atoms with Crippen LogP contribution < -0.4 is 5.73 Å². The minimum absolute atomic E-state index is 0.335. The molecule has 1 amide bonds. The Bertz CT molecular complexity index is 783. The summed E-state index contributed by atoms with van der Waals surface area (Å²) in [4.78, 5) is 17.0. The van der Waals surface area contributed by atoms with Gasteiger partial charge in [-0.15, -0.1) is 0 Å². The van der Waals surface area contributed by atoms with Gasteiger partial charge in [-0.05, 0) is 49.2 Å². The van der Waals surface area contributed by atoms with Crippen molar-refractivity contribution in [2.24, 2.45) is 18.7 Å². The molecule has 3 heterocycles. The molecule has 2 aliphatic rings. The lowest BCUT2D eigenvalue weighted by Crippen LogP contribution is -2.56. The van der Waals surface area contributed by atoms with Crippen LogP contribution in [0.3, 0.4) is 0 Å². The number of benzene rings is 1. The number of hydrogen-bond acceptors (Lipinski definition) is 3. The van der Waals surface area contributed by atoms with E-state index >= 15 is 0 Å². The Kier molecular flexibility index (Phi) is 5.00. The van der Waals surface area contributed by atoms with E-state index in [1.807, 2.05) is 0 Å². The van der Waals surface area contributed by atoms with Crippen LogP contribution in [0.4, 0.5) is 0 Å². The number of carbonyl (C=O) groups excluding carboxylic acids is 1. The molecule has 0 radical (unpaired) electrons. The molecular weight excluding hydrogens is 324 g/mol. The largest absolute Gasteiger partial charge is 0.346 e. The standard InChI is InChI=1S/C21H30N4O/c1-23-18(13-16-5-2-3-6-19(16)23)15-24-12-9-20-17(14-24)7-8-21(26)25(20)11-4-10-22/h2-3,5-6,13,17,20H,4,7-12,14-15,22H2,1H3/t17-,20+/m0/s1. The van der Waals surface area contributed by atoms with Gasteiger partial charge in [-0.3, -0.25) is 9.69 Å². The molecule has 2 saturated heterocycles. The zero-order valence-electron chi connectivity index (χ0n) is 15.7. The summed E-state index contributed by atoms with van der Waals surface area (Å²) in [5, 5.41) is 1.32. The molecule has 26 heavy (non-hydrogen) atoms. The maximum Gasteiger partial charge on any atom is 0.222 e. The maximum atomic E-state index is 12.3. The normalized spacial score (nSPS) is 24.2. The van der Waals surface area contributed by atoms with E-state index in [1.165, 1.54) is 16.6 Å². The van der Waals surface area contributed by atoms with E-state index in [-0.39, 0.29) is 0 Å². The van der Waals surface area contributed by atoms with E-state index in [4.69, 9.17) is 5.73 Å². The fraction of sp³-hybridized carbons (Fsp3) is 0.571. The third-order valence-electron chi connectivity index (χ3n) is 6.27. The molecule has 0 unspecified atom stereocenters. The number of nitrogens with zero attached hydrogens (tertiary/aromatic N) is 3. The summed E-state index contributed by atoms with van der Waals surface area (Å²) in [7, 11) is 2.16. The van der Waals surface area contributed by atoms with Crippen molar-refractivity contribution in [2.75, 3.05) is 26.2 Å². The highest BCUT2D eigenvalue weighted by atomic mass is 16.2. The van der Waals surface area contributed by atoms with Gasteiger partial charge in [0.2, 0.25) is 5.91 Å². The Labute approximate surface area is 155 Å². The summed E-state index contributed by atoms with van der Waals surface area (Å²) in [5.41, 5.74) is 8.34. The number of aryl methyl sites for hydroxylation is 1. The van der Waals surface area contributed by atoms with E-state index < -0.39 is 0 Å². The number of piperidine rings is 2. The number of para-hydroxylation sites is 1. The van der Waals surface area contributed by atoms with Gasteiger partial charge in [0.05, 0.1) is 0 Å². The van der Waals surface area contributed by atoms with Gasteiger partial charge in [0.1, 0.15) is 0 Å². The smallest absolute Gasteiger partial charge is 0.222 e. The van der Waals surface area contributed by atoms with Crippen LogP contribution in [0, 0.1) is 5.92 Å². The molecule has 2 aliphatic heterocycles. The SMILES string of the molecule is Cn1c(CN2CC[C@@H]3[C@@H](CCC(=O)N3CCCN)C2)cc2ccccc21. The number of rotatable bonds is 5. The van der Waals surface area contributed by atoms with Gasteiger partial charge in [0, 0.05) is 56.9 Å². The minimum Gasteiger partial charge on any atom is -0.346 e. The van der Waals surface area contributed by atoms with Crippen molar-refractivity contribution in [2.45, 2.75) is 38.3 Å². The van der Waals surface area contributed by atoms with Crippen LogP contribution in [0.15, 0.2) is 30.3 Å². The Hall–Kier alpha value is -1.85. The number of aromatic nitrogens is 1. The van der Waals surface area contributed by atoms with Crippen LogP contribution in [-0.2, 0) is 18.4 Å². The Balaban J connectivity index is 1.45. The third-order valence-corrected chi connectivity index (χ3v) is 6.27. The van der Waals surface area contributed by atoms with E-state index in [2.05, 4.69) is 51.7 Å². The van der Waals surface area contributed by atoms with Crippen LogP contribution in [0.1, 0.15) is 31.4 Å². The van der Waals surface area contributed by atoms with E-state index in [9.17, 15) is 4.79 Å². The predicted octanol–water partition coefficient (Wildman–Crippen LogP) is 2.34. The second-order valence-electron chi connectivity index (χ2n) is 7.87. The fourth-order valence-electron chi connectivity index (χ4n) is 4.85. The van der Waals surface area contributed by atoms with Crippen LogP contribution >= 0.6 is 0 Å². The van der Waals surface area contributed by atoms with Crippen molar-refractivity contribution in [3.63, 3.8) is 0 Å². The second-order valence-corrected chi connectivity index (χ2v) is 7.87. The molecular formula is C21H30N4O. The van der Waals surface area contributed by atoms with Crippen molar-refractivity contribution >= 4 is 16.8 Å². The van der Waals surface area contributed by atoms with Gasteiger partial charge >= 0.3 is 0 Å². The van der Waals surface area contributed by atoms with Gasteiger partial charge in [-0.1, -0.05) is 18.2 Å². The highest BCUT2D eigenvalue weighted by Gasteiger charge is 2.38. The van der Waals surface area contributed by atoms with Crippen LogP contribution in [0.5, 0.6) is 0 Å². The van der Waals surface area contributed by atoms with Gasteiger partial charge < -0.3 is 15.2 Å². The van der Waals surface area contributed by atoms with E-state index in [0.717, 1.165) is 45.4 Å². The summed E-state index contributed by atoms with van der Waals surface area (Å²) in [6, 6.07) is 11.3. The summed E-state index contributed by atoms with van der Waals surface area (Å²) in [6.45, 7) is 4.65. The topological polar surface area (TPSA) is 54.5 Å². The van der Waals surface area contributed by atoms with Crippen LogP contribution in [0.2, 0.25) is 0 Å². The zero-order chi connectivity index (χ0) is 18.1. The molecule has 1 aromatic carbocycles. The molecule has 0 aliphatic carbocycles. The molecule has 2 N–H and O–H groups in total. The monoisotopic (exact) mass is 354 g/mol. The molecule has 2 atom stereocenters. The van der Waals surface area contributed by atoms with Crippen molar-refractivity contribution in [1.29, 1.82) is 0 Å². The van der Waals surface area contributed by atoms with Crippen molar-refractivity contribution in [1.82, 2.24) is 14.4 Å². The molecule has 5 nitrogen and oxygen atoms in total. The van der Waals surface area contributed by atoms with Gasteiger partial charge in [0.25, 0.3) is 0 Å². The van der Waals surface area contributed by atoms with Gasteiger partial charge in [0.15, 0.2) is 0 Å². The fourth-order valence-corrected chi connectivity index (χ4v) is 4.85. The summed E-state index contributed by atoms with van der Waals surface area (Å²) in [6.07, 6.45) is 3.74. The lowest BCUT2D eigenvalue weighted by molar-refractivity contribution is -0.141. The van der Waals surface area contributed by atoms with Crippen molar-refractivity contribution < 1.29 is 4.79 Å². The second kappa shape index (κ2) is 7.41.